The third-order valence-electron chi connectivity index (χ3n) is 2.24. The molecule has 0 amide bonds. The average Bonchev–Trinajstić information content (AvgIpc) is 2.87. The minimum absolute atomic E-state index is 0.0401. The van der Waals surface area contributed by atoms with Gasteiger partial charge in [-0.05, 0) is 18.2 Å². The number of nitriles is 2. The van der Waals surface area contributed by atoms with Gasteiger partial charge in [0.25, 0.3) is 0 Å². The molecule has 0 atom stereocenters. The van der Waals surface area contributed by atoms with Crippen LogP contribution in [0.4, 0.5) is 10.8 Å². The summed E-state index contributed by atoms with van der Waals surface area (Å²) in [5.74, 6) is -1.10. The van der Waals surface area contributed by atoms with Crippen molar-refractivity contribution in [3.8, 4) is 12.1 Å². The lowest BCUT2D eigenvalue weighted by molar-refractivity contribution is 0.0691. The number of nitrogens with zero attached hydrogens (tertiary/aromatic N) is 3. The Morgan fingerprint density at radius 1 is 1.32 bits per heavy atom. The van der Waals surface area contributed by atoms with E-state index in [1.165, 1.54) is 17.5 Å². The number of carboxylic acid groups (broad SMARTS) is 1. The molecule has 0 aliphatic heterocycles. The first kappa shape index (κ1) is 12.6. The highest BCUT2D eigenvalue weighted by molar-refractivity contribution is 7.14. The Balaban J connectivity index is 2.26. The van der Waals surface area contributed by atoms with Gasteiger partial charge in [-0.15, -0.1) is 11.3 Å². The van der Waals surface area contributed by atoms with Gasteiger partial charge in [0.15, 0.2) is 10.8 Å². The number of hydrogen-bond acceptors (Lipinski definition) is 6. The fraction of sp³-hybridized carbons (Fsp3) is 0. The van der Waals surface area contributed by atoms with Crippen LogP contribution in [0.5, 0.6) is 0 Å². The summed E-state index contributed by atoms with van der Waals surface area (Å²) >= 11 is 1.15. The fourth-order valence-corrected chi connectivity index (χ4v) is 2.07. The Morgan fingerprint density at radius 2 is 2.05 bits per heavy atom. The summed E-state index contributed by atoms with van der Waals surface area (Å²) in [7, 11) is 0. The van der Waals surface area contributed by atoms with Crippen molar-refractivity contribution in [2.24, 2.45) is 0 Å². The van der Waals surface area contributed by atoms with Crippen molar-refractivity contribution in [2.45, 2.75) is 0 Å². The third kappa shape index (κ3) is 2.68. The van der Waals surface area contributed by atoms with E-state index in [4.69, 9.17) is 15.6 Å². The second-order valence-corrected chi connectivity index (χ2v) is 4.31. The van der Waals surface area contributed by atoms with Crippen LogP contribution in [0.15, 0.2) is 23.6 Å². The Bertz CT molecular complexity index is 724. The lowest BCUT2D eigenvalue weighted by atomic mass is 10.1. The molecule has 0 unspecified atom stereocenters. The predicted molar refractivity (Wildman–Crippen MR) is 68.2 cm³/mol. The monoisotopic (exact) mass is 270 g/mol. The van der Waals surface area contributed by atoms with Gasteiger partial charge in [-0.1, -0.05) is 0 Å². The molecule has 0 aliphatic rings. The number of aromatic carboxylic acids is 1. The topological polar surface area (TPSA) is 110 Å². The molecular formula is C12H6N4O2S. The van der Waals surface area contributed by atoms with Crippen molar-refractivity contribution in [3.05, 3.63) is 40.4 Å². The molecule has 6 nitrogen and oxygen atoms in total. The van der Waals surface area contributed by atoms with Crippen LogP contribution in [0.1, 0.15) is 21.6 Å². The number of nitrogens with one attached hydrogen (secondary N) is 1. The van der Waals surface area contributed by atoms with Crippen LogP contribution in [0.25, 0.3) is 0 Å². The second-order valence-electron chi connectivity index (χ2n) is 3.45. The summed E-state index contributed by atoms with van der Waals surface area (Å²) in [6.45, 7) is 0. The maximum atomic E-state index is 10.7. The van der Waals surface area contributed by atoms with E-state index in [0.29, 0.717) is 16.4 Å². The number of benzene rings is 1. The quantitative estimate of drug-likeness (QED) is 0.885. The van der Waals surface area contributed by atoms with Crippen LogP contribution >= 0.6 is 11.3 Å². The summed E-state index contributed by atoms with van der Waals surface area (Å²) in [6.07, 6.45) is 0. The first-order valence-corrected chi connectivity index (χ1v) is 5.92. The van der Waals surface area contributed by atoms with Gasteiger partial charge >= 0.3 is 5.97 Å². The third-order valence-corrected chi connectivity index (χ3v) is 2.99. The van der Waals surface area contributed by atoms with Crippen LogP contribution in [-0.2, 0) is 0 Å². The Hall–Kier alpha value is -2.90. The summed E-state index contributed by atoms with van der Waals surface area (Å²) in [6, 6.07) is 8.50. The predicted octanol–water partition coefficient (Wildman–Crippen LogP) is 2.33. The van der Waals surface area contributed by atoms with Crippen molar-refractivity contribution in [1.29, 1.82) is 10.5 Å². The Labute approximate surface area is 112 Å². The van der Waals surface area contributed by atoms with E-state index in [2.05, 4.69) is 10.3 Å². The molecule has 1 aromatic carbocycles. The molecule has 0 saturated heterocycles. The highest BCUT2D eigenvalue weighted by Gasteiger charge is 2.09. The van der Waals surface area contributed by atoms with Crippen molar-refractivity contribution in [2.75, 3.05) is 5.32 Å². The molecule has 1 aromatic heterocycles. The lowest BCUT2D eigenvalue weighted by Crippen LogP contribution is -1.97. The molecule has 0 fully saturated rings. The van der Waals surface area contributed by atoms with Crippen LogP contribution in [0, 0.1) is 22.7 Å². The molecule has 2 N–H and O–H groups in total. The molecule has 7 heteroatoms. The second kappa shape index (κ2) is 5.17. The first-order valence-electron chi connectivity index (χ1n) is 5.04. The van der Waals surface area contributed by atoms with Crippen LogP contribution in [0.3, 0.4) is 0 Å². The standard InChI is InChI=1S/C12H6N4O2S/c13-4-7-1-2-9(3-8(7)5-14)15-12-16-10(6-19-12)11(17)18/h1-3,6H,(H,15,16)(H,17,18). The zero-order valence-corrected chi connectivity index (χ0v) is 10.2. The number of carboxylic acids is 1. The zero-order valence-electron chi connectivity index (χ0n) is 9.41. The van der Waals surface area contributed by atoms with E-state index in [-0.39, 0.29) is 11.3 Å². The number of hydrogen-bond donors (Lipinski definition) is 2. The molecule has 19 heavy (non-hydrogen) atoms. The molecule has 2 rings (SSSR count). The number of aromatic nitrogens is 1. The highest BCUT2D eigenvalue weighted by Crippen LogP contribution is 2.22. The van der Waals surface area contributed by atoms with E-state index in [0.717, 1.165) is 11.3 Å². The zero-order chi connectivity index (χ0) is 13.8. The highest BCUT2D eigenvalue weighted by atomic mass is 32.1. The number of carbonyl (C=O) groups is 1. The summed E-state index contributed by atoms with van der Waals surface area (Å²) in [5, 5.41) is 31.2. The van der Waals surface area contributed by atoms with E-state index < -0.39 is 5.97 Å². The Kier molecular flexibility index (Phi) is 3.42. The molecule has 0 bridgehead atoms. The maximum Gasteiger partial charge on any atom is 0.355 e. The van der Waals surface area contributed by atoms with Crippen molar-refractivity contribution in [3.63, 3.8) is 0 Å². The van der Waals surface area contributed by atoms with Gasteiger partial charge in [-0.3, -0.25) is 0 Å². The minimum Gasteiger partial charge on any atom is -0.476 e. The van der Waals surface area contributed by atoms with Gasteiger partial charge in [0.05, 0.1) is 11.1 Å². The van der Waals surface area contributed by atoms with Crippen molar-refractivity contribution >= 4 is 28.1 Å². The van der Waals surface area contributed by atoms with Crippen LogP contribution in [0.2, 0.25) is 0 Å². The largest absolute Gasteiger partial charge is 0.476 e. The molecule has 1 heterocycles. The molecule has 2 aromatic rings. The van der Waals surface area contributed by atoms with Gasteiger partial charge in [0.2, 0.25) is 0 Å². The molecule has 0 aliphatic carbocycles. The number of thiazole rings is 1. The SMILES string of the molecule is N#Cc1ccc(Nc2nc(C(=O)O)cs2)cc1C#N. The molecular weight excluding hydrogens is 264 g/mol. The normalized spacial score (nSPS) is 9.37. The lowest BCUT2D eigenvalue weighted by Gasteiger charge is -2.03. The van der Waals surface area contributed by atoms with Crippen LogP contribution < -0.4 is 5.32 Å². The van der Waals surface area contributed by atoms with Crippen LogP contribution in [-0.4, -0.2) is 16.1 Å². The Morgan fingerprint density at radius 3 is 2.63 bits per heavy atom. The smallest absolute Gasteiger partial charge is 0.355 e. The van der Waals surface area contributed by atoms with Gasteiger partial charge in [-0.2, -0.15) is 10.5 Å². The summed E-state index contributed by atoms with van der Waals surface area (Å²) in [4.78, 5) is 14.6. The van der Waals surface area contributed by atoms with Gasteiger partial charge in [0, 0.05) is 11.1 Å². The van der Waals surface area contributed by atoms with E-state index in [1.54, 1.807) is 6.07 Å². The number of anilines is 2. The minimum atomic E-state index is -1.10. The van der Waals surface area contributed by atoms with Gasteiger partial charge < -0.3 is 10.4 Å². The van der Waals surface area contributed by atoms with Crippen molar-refractivity contribution < 1.29 is 9.90 Å². The van der Waals surface area contributed by atoms with Gasteiger partial charge in [-0.25, -0.2) is 9.78 Å². The fourth-order valence-electron chi connectivity index (χ4n) is 1.36. The van der Waals surface area contributed by atoms with Gasteiger partial charge in [0.1, 0.15) is 12.1 Å². The van der Waals surface area contributed by atoms with E-state index in [9.17, 15) is 4.79 Å². The van der Waals surface area contributed by atoms with E-state index >= 15 is 0 Å². The number of rotatable bonds is 3. The molecule has 0 saturated carbocycles. The summed E-state index contributed by atoms with van der Waals surface area (Å²) < 4.78 is 0. The van der Waals surface area contributed by atoms with E-state index in [1.807, 2.05) is 12.1 Å². The summed E-state index contributed by atoms with van der Waals surface area (Å²) in [5.41, 5.74) is 1.07. The molecule has 0 radical (unpaired) electrons. The van der Waals surface area contributed by atoms with Crippen molar-refractivity contribution in [1.82, 2.24) is 4.98 Å². The molecule has 0 spiro atoms. The molecule has 92 valence electrons. The first-order chi connectivity index (χ1) is 9.13. The average molecular weight is 270 g/mol. The maximum absolute atomic E-state index is 10.7.